The van der Waals surface area contributed by atoms with Crippen LogP contribution in [0.15, 0.2) is 0 Å². The molecule has 0 aliphatic heterocycles. The molecule has 5 nitrogen and oxygen atoms in total. The van der Waals surface area contributed by atoms with E-state index >= 15 is 0 Å². The molecule has 0 radical (unpaired) electrons. The van der Waals surface area contributed by atoms with Crippen LogP contribution in [-0.4, -0.2) is 27.6 Å². The van der Waals surface area contributed by atoms with Gasteiger partial charge in [0.05, 0.1) is 12.7 Å². The van der Waals surface area contributed by atoms with Crippen molar-refractivity contribution >= 4 is 7.82 Å². The summed E-state index contributed by atoms with van der Waals surface area (Å²) in [6.07, 6.45) is -0.691. The Hall–Kier alpha value is 0.0700. The molecule has 0 aromatic carbocycles. The summed E-state index contributed by atoms with van der Waals surface area (Å²) in [6, 6.07) is 0. The molecule has 0 aromatic rings. The summed E-state index contributed by atoms with van der Waals surface area (Å²) in [4.78, 5) is 16.9. The minimum absolute atomic E-state index is 0.186. The van der Waals surface area contributed by atoms with Gasteiger partial charge in [0.1, 0.15) is 0 Å². The minimum atomic E-state index is -4.44. The zero-order chi connectivity index (χ0) is 9.99. The standard InChI is InChI=1S/C6H15O5P/c1-5(6(2,3)4-7)11-12(8,9)10/h5,7H,4H2,1-3H3,(H2,8,9,10). The summed E-state index contributed by atoms with van der Waals surface area (Å²) in [5, 5.41) is 8.83. The van der Waals surface area contributed by atoms with E-state index in [9.17, 15) is 4.57 Å². The maximum Gasteiger partial charge on any atom is 0.469 e. The van der Waals surface area contributed by atoms with Crippen molar-refractivity contribution in [1.29, 1.82) is 0 Å². The van der Waals surface area contributed by atoms with Crippen molar-refractivity contribution in [3.05, 3.63) is 0 Å². The third-order valence-electron chi connectivity index (χ3n) is 1.80. The van der Waals surface area contributed by atoms with E-state index in [1.807, 2.05) is 0 Å². The maximum absolute atomic E-state index is 10.4. The molecule has 0 heterocycles. The van der Waals surface area contributed by atoms with Gasteiger partial charge in [0.15, 0.2) is 0 Å². The molecule has 0 saturated heterocycles. The summed E-state index contributed by atoms with van der Waals surface area (Å²) in [6.45, 7) is 4.64. The Morgan fingerprint density at radius 3 is 2.17 bits per heavy atom. The number of phosphoric ester groups is 1. The van der Waals surface area contributed by atoms with Crippen LogP contribution in [0.5, 0.6) is 0 Å². The summed E-state index contributed by atoms with van der Waals surface area (Å²) in [7, 11) is -4.44. The molecule has 0 amide bonds. The number of hydrogen-bond acceptors (Lipinski definition) is 3. The second-order valence-electron chi connectivity index (χ2n) is 3.38. The van der Waals surface area contributed by atoms with Gasteiger partial charge in [-0.2, -0.15) is 0 Å². The highest BCUT2D eigenvalue weighted by molar-refractivity contribution is 7.46. The van der Waals surface area contributed by atoms with E-state index in [-0.39, 0.29) is 6.61 Å². The Kier molecular flexibility index (Phi) is 3.87. The molecule has 3 N–H and O–H groups in total. The van der Waals surface area contributed by atoms with Crippen molar-refractivity contribution in [1.82, 2.24) is 0 Å². The molecule has 0 rings (SSSR count). The quantitative estimate of drug-likeness (QED) is 0.572. The lowest BCUT2D eigenvalue weighted by Crippen LogP contribution is -2.31. The van der Waals surface area contributed by atoms with E-state index in [1.54, 1.807) is 13.8 Å². The fraction of sp³-hybridized carbons (Fsp3) is 1.00. The van der Waals surface area contributed by atoms with E-state index in [1.165, 1.54) is 6.92 Å². The Morgan fingerprint density at radius 1 is 1.50 bits per heavy atom. The first-order valence-electron chi connectivity index (χ1n) is 3.54. The monoisotopic (exact) mass is 198 g/mol. The molecule has 0 aliphatic rings. The predicted molar refractivity (Wildman–Crippen MR) is 43.5 cm³/mol. The fourth-order valence-corrected chi connectivity index (χ4v) is 1.17. The first-order valence-corrected chi connectivity index (χ1v) is 5.07. The molecule has 0 fully saturated rings. The Morgan fingerprint density at radius 2 is 1.92 bits per heavy atom. The van der Waals surface area contributed by atoms with Crippen LogP contribution in [0.25, 0.3) is 0 Å². The fourth-order valence-electron chi connectivity index (χ4n) is 0.477. The minimum Gasteiger partial charge on any atom is -0.396 e. The average molecular weight is 198 g/mol. The largest absolute Gasteiger partial charge is 0.469 e. The molecule has 0 saturated carbocycles. The van der Waals surface area contributed by atoms with E-state index in [2.05, 4.69) is 4.52 Å². The molecule has 1 atom stereocenters. The number of phosphoric acid groups is 1. The molecule has 6 heteroatoms. The van der Waals surface area contributed by atoms with Gasteiger partial charge in [-0.3, -0.25) is 4.52 Å². The third-order valence-corrected chi connectivity index (χ3v) is 2.39. The summed E-state index contributed by atoms with van der Waals surface area (Å²) in [5.74, 6) is 0. The highest BCUT2D eigenvalue weighted by Crippen LogP contribution is 2.41. The van der Waals surface area contributed by atoms with Crippen LogP contribution in [0.3, 0.4) is 0 Å². The lowest BCUT2D eigenvalue weighted by atomic mass is 9.89. The molecular weight excluding hydrogens is 183 g/mol. The van der Waals surface area contributed by atoms with Gasteiger partial charge >= 0.3 is 7.82 Å². The normalized spacial score (nSPS) is 16.2. The summed E-state index contributed by atoms with van der Waals surface area (Å²) in [5.41, 5.74) is -0.652. The number of aliphatic hydroxyl groups excluding tert-OH is 1. The molecule has 0 aromatic heterocycles. The number of rotatable bonds is 4. The van der Waals surface area contributed by atoms with Crippen LogP contribution in [0, 0.1) is 5.41 Å². The molecule has 0 spiro atoms. The van der Waals surface area contributed by atoms with Gasteiger partial charge in [0.2, 0.25) is 0 Å². The molecule has 12 heavy (non-hydrogen) atoms. The first kappa shape index (κ1) is 12.1. The van der Waals surface area contributed by atoms with Crippen molar-refractivity contribution < 1.29 is 24.0 Å². The lowest BCUT2D eigenvalue weighted by molar-refractivity contribution is 0.0178. The Bertz CT molecular complexity index is 184. The van der Waals surface area contributed by atoms with Gasteiger partial charge < -0.3 is 14.9 Å². The zero-order valence-electron chi connectivity index (χ0n) is 7.39. The van der Waals surface area contributed by atoms with Crippen LogP contribution in [-0.2, 0) is 9.09 Å². The van der Waals surface area contributed by atoms with Crippen molar-refractivity contribution in [3.63, 3.8) is 0 Å². The van der Waals surface area contributed by atoms with Gasteiger partial charge in [0.25, 0.3) is 0 Å². The Balaban J connectivity index is 4.22. The summed E-state index contributed by atoms with van der Waals surface area (Å²) >= 11 is 0. The maximum atomic E-state index is 10.4. The predicted octanol–water partition coefficient (Wildman–Crippen LogP) is 0.503. The zero-order valence-corrected chi connectivity index (χ0v) is 8.28. The van der Waals surface area contributed by atoms with Crippen LogP contribution in [0.2, 0.25) is 0 Å². The third kappa shape index (κ3) is 4.18. The van der Waals surface area contributed by atoms with Gasteiger partial charge in [-0.1, -0.05) is 13.8 Å². The number of hydrogen-bond donors (Lipinski definition) is 3. The van der Waals surface area contributed by atoms with Gasteiger partial charge in [-0.25, -0.2) is 4.57 Å². The number of aliphatic hydroxyl groups is 1. The van der Waals surface area contributed by atoms with Crippen LogP contribution in [0.4, 0.5) is 0 Å². The first-order chi connectivity index (χ1) is 5.19. The van der Waals surface area contributed by atoms with E-state index in [0.29, 0.717) is 0 Å². The average Bonchev–Trinajstić information content (AvgIpc) is 1.84. The lowest BCUT2D eigenvalue weighted by Gasteiger charge is -2.29. The van der Waals surface area contributed by atoms with Crippen molar-refractivity contribution in [3.8, 4) is 0 Å². The molecule has 74 valence electrons. The van der Waals surface area contributed by atoms with E-state index in [0.717, 1.165) is 0 Å². The van der Waals surface area contributed by atoms with Gasteiger partial charge in [-0.15, -0.1) is 0 Å². The molecule has 0 aliphatic carbocycles. The molecular formula is C6H15O5P. The highest BCUT2D eigenvalue weighted by atomic mass is 31.2. The van der Waals surface area contributed by atoms with Crippen molar-refractivity contribution in [2.24, 2.45) is 5.41 Å². The molecule has 1 unspecified atom stereocenters. The topological polar surface area (TPSA) is 87.0 Å². The second kappa shape index (κ2) is 3.85. The SMILES string of the molecule is CC(OP(=O)(O)O)C(C)(C)CO. The summed E-state index contributed by atoms with van der Waals surface area (Å²) < 4.78 is 14.8. The highest BCUT2D eigenvalue weighted by Gasteiger charge is 2.31. The van der Waals surface area contributed by atoms with Gasteiger partial charge in [0, 0.05) is 5.41 Å². The smallest absolute Gasteiger partial charge is 0.396 e. The van der Waals surface area contributed by atoms with Crippen LogP contribution >= 0.6 is 7.82 Å². The van der Waals surface area contributed by atoms with E-state index in [4.69, 9.17) is 14.9 Å². The van der Waals surface area contributed by atoms with Crippen LogP contribution in [0.1, 0.15) is 20.8 Å². The Labute approximate surface area is 71.6 Å². The van der Waals surface area contributed by atoms with Crippen molar-refractivity contribution in [2.75, 3.05) is 6.61 Å². The van der Waals surface area contributed by atoms with E-state index < -0.39 is 19.3 Å². The second-order valence-corrected chi connectivity index (χ2v) is 4.58. The van der Waals surface area contributed by atoms with Crippen LogP contribution < -0.4 is 0 Å². The molecule has 0 bridgehead atoms. The van der Waals surface area contributed by atoms with Gasteiger partial charge in [-0.05, 0) is 6.92 Å². The van der Waals surface area contributed by atoms with Crippen molar-refractivity contribution in [2.45, 2.75) is 26.9 Å².